The predicted octanol–water partition coefficient (Wildman–Crippen LogP) is 2.91. The Balaban J connectivity index is 2.77. The van der Waals surface area contributed by atoms with Crippen molar-refractivity contribution in [3.8, 4) is 0 Å². The van der Waals surface area contributed by atoms with Crippen LogP contribution in [0.4, 0.5) is 4.39 Å². The maximum Gasteiger partial charge on any atom is 0.251 e. The molecule has 0 aliphatic heterocycles. The highest BCUT2D eigenvalue weighted by atomic mass is 19.1. The van der Waals surface area contributed by atoms with Crippen LogP contribution >= 0.6 is 0 Å². The summed E-state index contributed by atoms with van der Waals surface area (Å²) in [5, 5.41) is 2.84. The molecule has 1 unspecified atom stereocenters. The molecule has 88 valence electrons. The maximum atomic E-state index is 13.3. The molecule has 1 aromatic carbocycles. The largest absolute Gasteiger partial charge is 0.349 e. The van der Waals surface area contributed by atoms with E-state index in [1.165, 1.54) is 6.07 Å². The van der Waals surface area contributed by atoms with Crippen LogP contribution in [0.2, 0.25) is 0 Å². The standard InChI is InChI=1S/C13H18FNO/c1-8(2)10(4)15-13(16)11-6-5-9(3)12(14)7-11/h5-8,10H,1-4H3,(H,15,16). The molecule has 1 rings (SSSR count). The van der Waals surface area contributed by atoms with Gasteiger partial charge in [-0.3, -0.25) is 4.79 Å². The SMILES string of the molecule is Cc1ccc(C(=O)NC(C)C(C)C)cc1F. The van der Waals surface area contributed by atoms with Crippen LogP contribution in [0.5, 0.6) is 0 Å². The average Bonchev–Trinajstić information content (AvgIpc) is 2.21. The summed E-state index contributed by atoms with van der Waals surface area (Å²) >= 11 is 0. The van der Waals surface area contributed by atoms with Gasteiger partial charge in [-0.15, -0.1) is 0 Å². The second-order valence-corrected chi connectivity index (χ2v) is 4.47. The third-order valence-corrected chi connectivity index (χ3v) is 2.79. The van der Waals surface area contributed by atoms with E-state index < -0.39 is 0 Å². The van der Waals surface area contributed by atoms with Crippen molar-refractivity contribution < 1.29 is 9.18 Å². The van der Waals surface area contributed by atoms with E-state index in [4.69, 9.17) is 0 Å². The van der Waals surface area contributed by atoms with Crippen LogP contribution in [-0.4, -0.2) is 11.9 Å². The van der Waals surface area contributed by atoms with Gasteiger partial charge in [0.1, 0.15) is 5.82 Å². The van der Waals surface area contributed by atoms with Crippen molar-refractivity contribution in [2.45, 2.75) is 33.7 Å². The number of nitrogens with one attached hydrogen (secondary N) is 1. The number of halogens is 1. The average molecular weight is 223 g/mol. The van der Waals surface area contributed by atoms with Crippen LogP contribution in [0.3, 0.4) is 0 Å². The molecular formula is C13H18FNO. The Bertz CT molecular complexity index is 388. The summed E-state index contributed by atoms with van der Waals surface area (Å²) in [6.07, 6.45) is 0. The van der Waals surface area contributed by atoms with E-state index in [0.29, 0.717) is 17.0 Å². The number of aryl methyl sites for hydroxylation is 1. The molecule has 1 atom stereocenters. The van der Waals surface area contributed by atoms with Crippen molar-refractivity contribution in [1.29, 1.82) is 0 Å². The van der Waals surface area contributed by atoms with Crippen LogP contribution in [0.25, 0.3) is 0 Å². The highest BCUT2D eigenvalue weighted by molar-refractivity contribution is 5.94. The Labute approximate surface area is 95.9 Å². The highest BCUT2D eigenvalue weighted by Gasteiger charge is 2.13. The first kappa shape index (κ1) is 12.7. The topological polar surface area (TPSA) is 29.1 Å². The van der Waals surface area contributed by atoms with Gasteiger partial charge in [-0.1, -0.05) is 19.9 Å². The summed E-state index contributed by atoms with van der Waals surface area (Å²) in [6.45, 7) is 7.67. The summed E-state index contributed by atoms with van der Waals surface area (Å²) in [4.78, 5) is 11.7. The molecule has 1 N–H and O–H groups in total. The quantitative estimate of drug-likeness (QED) is 0.838. The van der Waals surface area contributed by atoms with Gasteiger partial charge in [0.05, 0.1) is 0 Å². The number of amides is 1. The third-order valence-electron chi connectivity index (χ3n) is 2.79. The zero-order valence-corrected chi connectivity index (χ0v) is 10.2. The fourth-order valence-corrected chi connectivity index (χ4v) is 1.19. The molecule has 0 heterocycles. The van der Waals surface area contributed by atoms with Gasteiger partial charge in [0.25, 0.3) is 5.91 Å². The van der Waals surface area contributed by atoms with Crippen molar-refractivity contribution in [1.82, 2.24) is 5.32 Å². The van der Waals surface area contributed by atoms with Crippen molar-refractivity contribution in [3.63, 3.8) is 0 Å². The second kappa shape index (κ2) is 5.10. The normalized spacial score (nSPS) is 12.6. The van der Waals surface area contributed by atoms with Gasteiger partial charge in [0.2, 0.25) is 0 Å². The van der Waals surface area contributed by atoms with Crippen LogP contribution in [0.15, 0.2) is 18.2 Å². The summed E-state index contributed by atoms with van der Waals surface area (Å²) in [5.74, 6) is -0.204. The first-order chi connectivity index (χ1) is 7.41. The smallest absolute Gasteiger partial charge is 0.251 e. The van der Waals surface area contributed by atoms with Gasteiger partial charge in [0, 0.05) is 11.6 Å². The minimum atomic E-state index is -0.343. The van der Waals surface area contributed by atoms with E-state index in [1.54, 1.807) is 19.1 Å². The van der Waals surface area contributed by atoms with Gasteiger partial charge in [-0.25, -0.2) is 4.39 Å². The number of benzene rings is 1. The molecule has 0 saturated heterocycles. The molecule has 0 aliphatic rings. The van der Waals surface area contributed by atoms with Gasteiger partial charge in [-0.05, 0) is 37.5 Å². The molecule has 0 aromatic heterocycles. The van der Waals surface area contributed by atoms with E-state index in [2.05, 4.69) is 5.32 Å². The van der Waals surface area contributed by atoms with Crippen molar-refractivity contribution in [2.75, 3.05) is 0 Å². The highest BCUT2D eigenvalue weighted by Crippen LogP contribution is 2.10. The van der Waals surface area contributed by atoms with Gasteiger partial charge < -0.3 is 5.32 Å². The Morgan fingerprint density at radius 1 is 1.31 bits per heavy atom. The first-order valence-corrected chi connectivity index (χ1v) is 5.49. The lowest BCUT2D eigenvalue weighted by atomic mass is 10.1. The van der Waals surface area contributed by atoms with E-state index in [1.807, 2.05) is 20.8 Å². The summed E-state index contributed by atoms with van der Waals surface area (Å²) in [6, 6.07) is 4.61. The lowest BCUT2D eigenvalue weighted by Crippen LogP contribution is -2.36. The lowest BCUT2D eigenvalue weighted by molar-refractivity contribution is 0.0930. The summed E-state index contributed by atoms with van der Waals surface area (Å²) in [7, 11) is 0. The Morgan fingerprint density at radius 3 is 2.44 bits per heavy atom. The van der Waals surface area contributed by atoms with Crippen molar-refractivity contribution in [3.05, 3.63) is 35.1 Å². The van der Waals surface area contributed by atoms with Crippen LogP contribution < -0.4 is 5.32 Å². The van der Waals surface area contributed by atoms with Crippen LogP contribution in [0, 0.1) is 18.7 Å². The Kier molecular flexibility index (Phi) is 4.05. The van der Waals surface area contributed by atoms with Crippen molar-refractivity contribution >= 4 is 5.91 Å². The molecule has 2 nitrogen and oxygen atoms in total. The summed E-state index contributed by atoms with van der Waals surface area (Å²) in [5.41, 5.74) is 0.920. The fourth-order valence-electron chi connectivity index (χ4n) is 1.19. The molecule has 0 bridgehead atoms. The zero-order chi connectivity index (χ0) is 12.3. The van der Waals surface area contributed by atoms with Gasteiger partial charge in [-0.2, -0.15) is 0 Å². The third kappa shape index (κ3) is 3.05. The van der Waals surface area contributed by atoms with Gasteiger partial charge in [0.15, 0.2) is 0 Å². The molecule has 0 aliphatic carbocycles. The van der Waals surface area contributed by atoms with Crippen LogP contribution in [-0.2, 0) is 0 Å². The van der Waals surface area contributed by atoms with E-state index in [9.17, 15) is 9.18 Å². The molecule has 0 fully saturated rings. The number of rotatable bonds is 3. The van der Waals surface area contributed by atoms with Gasteiger partial charge >= 0.3 is 0 Å². The molecule has 0 spiro atoms. The number of hydrogen-bond acceptors (Lipinski definition) is 1. The van der Waals surface area contributed by atoms with E-state index >= 15 is 0 Å². The molecule has 0 radical (unpaired) electrons. The number of hydrogen-bond donors (Lipinski definition) is 1. The van der Waals surface area contributed by atoms with Crippen LogP contribution in [0.1, 0.15) is 36.7 Å². The zero-order valence-electron chi connectivity index (χ0n) is 10.2. The fraction of sp³-hybridized carbons (Fsp3) is 0.462. The molecule has 0 saturated carbocycles. The molecule has 1 aromatic rings. The molecular weight excluding hydrogens is 205 g/mol. The second-order valence-electron chi connectivity index (χ2n) is 4.47. The number of carbonyl (C=O) groups is 1. The van der Waals surface area contributed by atoms with E-state index in [-0.39, 0.29) is 17.8 Å². The van der Waals surface area contributed by atoms with Crippen molar-refractivity contribution in [2.24, 2.45) is 5.92 Å². The summed E-state index contributed by atoms with van der Waals surface area (Å²) < 4.78 is 13.3. The molecule has 3 heteroatoms. The Morgan fingerprint density at radius 2 is 1.94 bits per heavy atom. The lowest BCUT2D eigenvalue weighted by Gasteiger charge is -2.17. The monoisotopic (exact) mass is 223 g/mol. The maximum absolute atomic E-state index is 13.3. The Hall–Kier alpha value is -1.38. The predicted molar refractivity (Wildman–Crippen MR) is 62.9 cm³/mol. The minimum Gasteiger partial charge on any atom is -0.349 e. The number of carbonyl (C=O) groups excluding carboxylic acids is 1. The first-order valence-electron chi connectivity index (χ1n) is 5.49. The minimum absolute atomic E-state index is 0.0804. The van der Waals surface area contributed by atoms with E-state index in [0.717, 1.165) is 0 Å². The molecule has 16 heavy (non-hydrogen) atoms. The molecule has 1 amide bonds.